The summed E-state index contributed by atoms with van der Waals surface area (Å²) in [4.78, 5) is 12.5. The van der Waals surface area contributed by atoms with E-state index in [9.17, 15) is 4.79 Å². The second-order valence-electron chi connectivity index (χ2n) is 5.75. The predicted octanol–water partition coefficient (Wildman–Crippen LogP) is 1.31. The van der Waals surface area contributed by atoms with Gasteiger partial charge in [0.05, 0.1) is 12.0 Å². The van der Waals surface area contributed by atoms with Gasteiger partial charge in [-0.05, 0) is 32.2 Å². The number of carbonyl (C=O) groups excluding carboxylic acids is 1. The van der Waals surface area contributed by atoms with E-state index < -0.39 is 0 Å². The Morgan fingerprint density at radius 2 is 2.44 bits per heavy atom. The number of nitrogens with one attached hydrogen (secondary N) is 2. The third-order valence-electron chi connectivity index (χ3n) is 4.26. The Balaban J connectivity index is 1.86. The van der Waals surface area contributed by atoms with Crippen LogP contribution in [0, 0.1) is 11.3 Å². The molecule has 2 N–H and O–H groups in total. The van der Waals surface area contributed by atoms with Crippen molar-refractivity contribution in [2.45, 2.75) is 39.0 Å². The van der Waals surface area contributed by atoms with Crippen molar-refractivity contribution < 1.29 is 9.53 Å². The lowest BCUT2D eigenvalue weighted by molar-refractivity contribution is -0.132. The van der Waals surface area contributed by atoms with E-state index in [2.05, 4.69) is 17.6 Å². The van der Waals surface area contributed by atoms with Crippen molar-refractivity contribution in [2.75, 3.05) is 32.8 Å². The fraction of sp³-hybridized carbons (Fsp3) is 0.929. The second-order valence-corrected chi connectivity index (χ2v) is 5.75. The third-order valence-corrected chi connectivity index (χ3v) is 4.26. The minimum absolute atomic E-state index is 0.160. The van der Waals surface area contributed by atoms with Gasteiger partial charge in [-0.2, -0.15) is 0 Å². The van der Waals surface area contributed by atoms with E-state index in [1.54, 1.807) is 0 Å². The van der Waals surface area contributed by atoms with Crippen molar-refractivity contribution in [3.8, 4) is 0 Å². The van der Waals surface area contributed by atoms with Crippen LogP contribution in [0.2, 0.25) is 0 Å². The molecule has 18 heavy (non-hydrogen) atoms. The predicted molar refractivity (Wildman–Crippen MR) is 71.4 cm³/mol. The average Bonchev–Trinajstić information content (AvgIpc) is 2.90. The Labute approximate surface area is 110 Å². The van der Waals surface area contributed by atoms with Crippen molar-refractivity contribution in [2.24, 2.45) is 11.3 Å². The molecule has 0 aromatic carbocycles. The summed E-state index contributed by atoms with van der Waals surface area (Å²) in [6.45, 7) is 6.49. The molecule has 2 aliphatic rings. The average molecular weight is 254 g/mol. The van der Waals surface area contributed by atoms with Crippen LogP contribution in [0.15, 0.2) is 0 Å². The van der Waals surface area contributed by atoms with Gasteiger partial charge in [-0.1, -0.05) is 13.3 Å². The lowest BCUT2D eigenvalue weighted by atomic mass is 9.76. The van der Waals surface area contributed by atoms with E-state index in [0.29, 0.717) is 5.92 Å². The quantitative estimate of drug-likeness (QED) is 0.778. The summed E-state index contributed by atoms with van der Waals surface area (Å²) in [6.07, 6.45) is 5.29. The van der Waals surface area contributed by atoms with Gasteiger partial charge in [0.2, 0.25) is 5.91 Å². The maximum Gasteiger partial charge on any atom is 0.227 e. The van der Waals surface area contributed by atoms with Gasteiger partial charge in [-0.3, -0.25) is 4.79 Å². The molecule has 4 heteroatoms. The molecular formula is C14H26N2O2. The molecule has 2 unspecified atom stereocenters. The van der Waals surface area contributed by atoms with Crippen molar-refractivity contribution >= 4 is 5.91 Å². The zero-order valence-electron chi connectivity index (χ0n) is 11.5. The van der Waals surface area contributed by atoms with Gasteiger partial charge in [0, 0.05) is 25.6 Å². The largest absolute Gasteiger partial charge is 0.381 e. The van der Waals surface area contributed by atoms with Crippen LogP contribution in [0.5, 0.6) is 0 Å². The summed E-state index contributed by atoms with van der Waals surface area (Å²) >= 11 is 0. The molecule has 0 aromatic rings. The lowest BCUT2D eigenvalue weighted by Crippen LogP contribution is -2.51. The molecule has 0 aromatic heterocycles. The number of hydrogen-bond acceptors (Lipinski definition) is 3. The Bertz CT molecular complexity index is 263. The van der Waals surface area contributed by atoms with Gasteiger partial charge < -0.3 is 15.4 Å². The molecule has 2 aliphatic heterocycles. The van der Waals surface area contributed by atoms with Crippen LogP contribution in [-0.2, 0) is 9.53 Å². The molecule has 0 bridgehead atoms. The Kier molecular flexibility index (Phi) is 5.01. The first-order chi connectivity index (χ1) is 8.77. The summed E-state index contributed by atoms with van der Waals surface area (Å²) in [5, 5.41) is 6.54. The number of piperidine rings is 1. The maximum atomic E-state index is 12.5. The van der Waals surface area contributed by atoms with E-state index >= 15 is 0 Å². The highest BCUT2D eigenvalue weighted by Gasteiger charge is 2.38. The van der Waals surface area contributed by atoms with Gasteiger partial charge in [-0.25, -0.2) is 0 Å². The Morgan fingerprint density at radius 3 is 3.06 bits per heavy atom. The van der Waals surface area contributed by atoms with Gasteiger partial charge in [0.25, 0.3) is 0 Å². The van der Waals surface area contributed by atoms with E-state index in [1.165, 1.54) is 0 Å². The molecule has 2 fully saturated rings. The summed E-state index contributed by atoms with van der Waals surface area (Å²) in [5.74, 6) is 0.771. The van der Waals surface area contributed by atoms with E-state index in [4.69, 9.17) is 4.74 Å². The first-order valence-electron chi connectivity index (χ1n) is 7.33. The summed E-state index contributed by atoms with van der Waals surface area (Å²) in [7, 11) is 0. The van der Waals surface area contributed by atoms with E-state index in [-0.39, 0.29) is 11.3 Å². The molecular weight excluding hydrogens is 228 g/mol. The molecule has 2 atom stereocenters. The SMILES string of the molecule is CCCC1(C(=O)NCC2CCOC2)CCCNC1. The summed E-state index contributed by atoms with van der Waals surface area (Å²) in [5.41, 5.74) is -0.160. The Hall–Kier alpha value is -0.610. The fourth-order valence-corrected chi connectivity index (χ4v) is 3.14. The maximum absolute atomic E-state index is 12.5. The molecule has 1 amide bonds. The monoisotopic (exact) mass is 254 g/mol. The zero-order valence-corrected chi connectivity index (χ0v) is 11.5. The zero-order chi connectivity index (χ0) is 12.8. The standard InChI is InChI=1S/C14H26N2O2/c1-2-5-14(6-3-7-15-11-14)13(17)16-9-12-4-8-18-10-12/h12,15H,2-11H2,1H3,(H,16,17). The molecule has 104 valence electrons. The molecule has 2 heterocycles. The van der Waals surface area contributed by atoms with E-state index in [1.807, 2.05) is 0 Å². The van der Waals surface area contributed by atoms with Crippen LogP contribution < -0.4 is 10.6 Å². The minimum atomic E-state index is -0.160. The second kappa shape index (κ2) is 6.53. The summed E-state index contributed by atoms with van der Waals surface area (Å²) < 4.78 is 5.34. The molecule has 0 saturated carbocycles. The highest BCUT2D eigenvalue weighted by molar-refractivity contribution is 5.83. The Morgan fingerprint density at radius 1 is 1.56 bits per heavy atom. The number of carbonyl (C=O) groups is 1. The number of hydrogen-bond donors (Lipinski definition) is 2. The topological polar surface area (TPSA) is 50.4 Å². The fourth-order valence-electron chi connectivity index (χ4n) is 3.14. The van der Waals surface area contributed by atoms with Gasteiger partial charge in [0.15, 0.2) is 0 Å². The van der Waals surface area contributed by atoms with Crippen molar-refractivity contribution in [3.05, 3.63) is 0 Å². The molecule has 2 saturated heterocycles. The lowest BCUT2D eigenvalue weighted by Gasteiger charge is -2.36. The number of amides is 1. The highest BCUT2D eigenvalue weighted by Crippen LogP contribution is 2.32. The molecule has 4 nitrogen and oxygen atoms in total. The van der Waals surface area contributed by atoms with Crippen LogP contribution in [0.3, 0.4) is 0 Å². The van der Waals surface area contributed by atoms with Crippen LogP contribution in [0.25, 0.3) is 0 Å². The first-order valence-corrected chi connectivity index (χ1v) is 7.33. The van der Waals surface area contributed by atoms with Gasteiger partial charge in [-0.15, -0.1) is 0 Å². The summed E-state index contributed by atoms with van der Waals surface area (Å²) in [6, 6.07) is 0. The van der Waals surface area contributed by atoms with Crippen molar-refractivity contribution in [1.82, 2.24) is 10.6 Å². The number of ether oxygens (including phenoxy) is 1. The smallest absolute Gasteiger partial charge is 0.227 e. The molecule has 0 aliphatic carbocycles. The van der Waals surface area contributed by atoms with Crippen LogP contribution in [-0.4, -0.2) is 38.8 Å². The first kappa shape index (κ1) is 13.8. The normalized spacial score (nSPS) is 32.4. The van der Waals surface area contributed by atoms with Crippen LogP contribution in [0.1, 0.15) is 39.0 Å². The van der Waals surface area contributed by atoms with Crippen molar-refractivity contribution in [1.29, 1.82) is 0 Å². The van der Waals surface area contributed by atoms with Crippen LogP contribution >= 0.6 is 0 Å². The minimum Gasteiger partial charge on any atom is -0.381 e. The third kappa shape index (κ3) is 3.23. The van der Waals surface area contributed by atoms with E-state index in [0.717, 1.165) is 65.0 Å². The number of rotatable bonds is 5. The highest BCUT2D eigenvalue weighted by atomic mass is 16.5. The van der Waals surface area contributed by atoms with Crippen LogP contribution in [0.4, 0.5) is 0 Å². The molecule has 2 rings (SSSR count). The van der Waals surface area contributed by atoms with Gasteiger partial charge in [0.1, 0.15) is 0 Å². The molecule has 0 radical (unpaired) electrons. The van der Waals surface area contributed by atoms with Crippen molar-refractivity contribution in [3.63, 3.8) is 0 Å². The molecule has 0 spiro atoms. The van der Waals surface area contributed by atoms with Gasteiger partial charge >= 0.3 is 0 Å².